The molecule has 0 atom stereocenters. The van der Waals surface area contributed by atoms with Crippen molar-refractivity contribution < 1.29 is 4.74 Å². The molecule has 2 heteroatoms. The van der Waals surface area contributed by atoms with E-state index in [4.69, 9.17) is 4.74 Å². The quantitative estimate of drug-likeness (QED) is 0.638. The molecule has 0 saturated carbocycles. The van der Waals surface area contributed by atoms with E-state index in [1.54, 1.807) is 7.11 Å². The Bertz CT molecular complexity index is 294. The lowest BCUT2D eigenvalue weighted by Crippen LogP contribution is -2.18. The fourth-order valence-corrected chi connectivity index (χ4v) is 1.48. The minimum absolute atomic E-state index is 0.913. The molecule has 0 fully saturated rings. The number of nitrogens with zero attached hydrogens (tertiary/aromatic N) is 1. The van der Waals surface area contributed by atoms with Gasteiger partial charge in [0.1, 0.15) is 5.75 Å². The summed E-state index contributed by atoms with van der Waals surface area (Å²) in [6, 6.07) is 8.17. The van der Waals surface area contributed by atoms with E-state index in [1.807, 2.05) is 12.1 Å². The van der Waals surface area contributed by atoms with Gasteiger partial charge < -0.3 is 9.64 Å². The highest BCUT2D eigenvalue weighted by Crippen LogP contribution is 2.20. The van der Waals surface area contributed by atoms with E-state index in [0.717, 1.165) is 18.8 Å². The normalized spacial score (nSPS) is 15.0. The van der Waals surface area contributed by atoms with Crippen LogP contribution in [-0.4, -0.2) is 20.2 Å². The van der Waals surface area contributed by atoms with E-state index in [0.29, 0.717) is 0 Å². The molecule has 0 bridgehead atoms. The molecule has 2 rings (SSSR count). The standard InChI is InChI=1S/C11H13NO/c1-13-11-6-4-10(5-7-11)12-8-2-3-9-12/h2-7H,8-9H2,1H3. The van der Waals surface area contributed by atoms with Crippen LogP contribution in [0.15, 0.2) is 36.4 Å². The van der Waals surface area contributed by atoms with Gasteiger partial charge in [0.05, 0.1) is 7.11 Å². The summed E-state index contributed by atoms with van der Waals surface area (Å²) in [6.07, 6.45) is 4.37. The first-order valence-corrected chi connectivity index (χ1v) is 4.44. The van der Waals surface area contributed by atoms with Gasteiger partial charge in [-0.3, -0.25) is 0 Å². The van der Waals surface area contributed by atoms with Gasteiger partial charge in [-0.1, -0.05) is 12.2 Å². The summed E-state index contributed by atoms with van der Waals surface area (Å²) in [4.78, 5) is 2.31. The average Bonchev–Trinajstić information content (AvgIpc) is 2.71. The van der Waals surface area contributed by atoms with Gasteiger partial charge >= 0.3 is 0 Å². The van der Waals surface area contributed by atoms with E-state index in [2.05, 4.69) is 29.2 Å². The van der Waals surface area contributed by atoms with Crippen LogP contribution in [0, 0.1) is 0 Å². The van der Waals surface area contributed by atoms with Crippen LogP contribution in [0.4, 0.5) is 5.69 Å². The van der Waals surface area contributed by atoms with Gasteiger partial charge in [-0.15, -0.1) is 0 Å². The zero-order valence-electron chi connectivity index (χ0n) is 7.73. The fourth-order valence-electron chi connectivity index (χ4n) is 1.48. The van der Waals surface area contributed by atoms with Crippen molar-refractivity contribution >= 4 is 5.69 Å². The Hall–Kier alpha value is -1.44. The highest BCUT2D eigenvalue weighted by molar-refractivity contribution is 5.51. The minimum Gasteiger partial charge on any atom is -0.497 e. The number of benzene rings is 1. The van der Waals surface area contributed by atoms with Crippen molar-refractivity contribution in [2.45, 2.75) is 0 Å². The highest BCUT2D eigenvalue weighted by Gasteiger charge is 2.06. The predicted octanol–water partition coefficient (Wildman–Crippen LogP) is 2.07. The van der Waals surface area contributed by atoms with E-state index >= 15 is 0 Å². The van der Waals surface area contributed by atoms with Gasteiger partial charge in [0.25, 0.3) is 0 Å². The number of hydrogen-bond donors (Lipinski definition) is 0. The molecule has 1 aromatic rings. The van der Waals surface area contributed by atoms with Gasteiger partial charge in [-0.05, 0) is 24.3 Å². The smallest absolute Gasteiger partial charge is 0.119 e. The summed E-state index contributed by atoms with van der Waals surface area (Å²) in [6.45, 7) is 2.04. The van der Waals surface area contributed by atoms with Crippen LogP contribution < -0.4 is 9.64 Å². The summed E-state index contributed by atoms with van der Waals surface area (Å²) >= 11 is 0. The van der Waals surface area contributed by atoms with Crippen molar-refractivity contribution in [3.05, 3.63) is 36.4 Å². The van der Waals surface area contributed by atoms with Gasteiger partial charge in [0, 0.05) is 18.8 Å². The second kappa shape index (κ2) is 3.52. The molecule has 0 unspecified atom stereocenters. The van der Waals surface area contributed by atoms with Crippen LogP contribution in [0.2, 0.25) is 0 Å². The van der Waals surface area contributed by atoms with Crippen molar-refractivity contribution in [1.82, 2.24) is 0 Å². The molecule has 0 saturated heterocycles. The maximum atomic E-state index is 5.10. The number of hydrogen-bond acceptors (Lipinski definition) is 2. The lowest BCUT2D eigenvalue weighted by atomic mass is 10.3. The van der Waals surface area contributed by atoms with Crippen LogP contribution in [0.5, 0.6) is 5.75 Å². The molecule has 1 aliphatic heterocycles. The third-order valence-corrected chi connectivity index (χ3v) is 2.26. The van der Waals surface area contributed by atoms with E-state index in [-0.39, 0.29) is 0 Å². The number of anilines is 1. The Morgan fingerprint density at radius 3 is 2.23 bits per heavy atom. The molecule has 13 heavy (non-hydrogen) atoms. The molecule has 0 aliphatic carbocycles. The van der Waals surface area contributed by atoms with Crippen LogP contribution in [0.3, 0.4) is 0 Å². The Morgan fingerprint density at radius 1 is 1.08 bits per heavy atom. The third-order valence-electron chi connectivity index (χ3n) is 2.26. The van der Waals surface area contributed by atoms with Crippen molar-refractivity contribution in [3.63, 3.8) is 0 Å². The second-order valence-electron chi connectivity index (χ2n) is 3.07. The van der Waals surface area contributed by atoms with Crippen LogP contribution in [0.25, 0.3) is 0 Å². The molecule has 0 aromatic heterocycles. The van der Waals surface area contributed by atoms with Gasteiger partial charge in [0.2, 0.25) is 0 Å². The first kappa shape index (κ1) is 8.17. The lowest BCUT2D eigenvalue weighted by molar-refractivity contribution is 0.415. The van der Waals surface area contributed by atoms with Gasteiger partial charge in [-0.2, -0.15) is 0 Å². The molecule has 0 amide bonds. The Kier molecular flexibility index (Phi) is 2.21. The minimum atomic E-state index is 0.913. The number of rotatable bonds is 2. The topological polar surface area (TPSA) is 12.5 Å². The third kappa shape index (κ3) is 1.66. The van der Waals surface area contributed by atoms with Crippen LogP contribution in [-0.2, 0) is 0 Å². The molecule has 2 nitrogen and oxygen atoms in total. The van der Waals surface area contributed by atoms with E-state index in [1.165, 1.54) is 5.69 Å². The summed E-state index contributed by atoms with van der Waals surface area (Å²) in [7, 11) is 1.69. The molecule has 1 aliphatic rings. The van der Waals surface area contributed by atoms with Crippen molar-refractivity contribution in [2.75, 3.05) is 25.1 Å². The summed E-state index contributed by atoms with van der Waals surface area (Å²) in [5.41, 5.74) is 1.26. The van der Waals surface area contributed by atoms with Gasteiger partial charge in [-0.25, -0.2) is 0 Å². The molecule has 0 N–H and O–H groups in total. The Morgan fingerprint density at radius 2 is 1.69 bits per heavy atom. The largest absolute Gasteiger partial charge is 0.497 e. The van der Waals surface area contributed by atoms with Gasteiger partial charge in [0.15, 0.2) is 0 Å². The molecule has 1 heterocycles. The SMILES string of the molecule is COc1ccc(N2CC=CC2)cc1. The highest BCUT2D eigenvalue weighted by atomic mass is 16.5. The molecule has 1 aromatic carbocycles. The van der Waals surface area contributed by atoms with Crippen LogP contribution >= 0.6 is 0 Å². The zero-order valence-corrected chi connectivity index (χ0v) is 7.73. The first-order valence-electron chi connectivity index (χ1n) is 4.44. The molecular formula is C11H13NO. The Labute approximate surface area is 78.4 Å². The zero-order chi connectivity index (χ0) is 9.10. The van der Waals surface area contributed by atoms with E-state index in [9.17, 15) is 0 Å². The number of methoxy groups -OCH3 is 1. The predicted molar refractivity (Wildman–Crippen MR) is 54.3 cm³/mol. The van der Waals surface area contributed by atoms with Crippen molar-refractivity contribution in [2.24, 2.45) is 0 Å². The average molecular weight is 175 g/mol. The molecule has 68 valence electrons. The lowest BCUT2D eigenvalue weighted by Gasteiger charge is -2.17. The molecular weight excluding hydrogens is 162 g/mol. The Balaban J connectivity index is 2.13. The fraction of sp³-hybridized carbons (Fsp3) is 0.273. The second-order valence-corrected chi connectivity index (χ2v) is 3.07. The van der Waals surface area contributed by atoms with Crippen molar-refractivity contribution in [3.8, 4) is 5.75 Å². The van der Waals surface area contributed by atoms with Crippen LogP contribution in [0.1, 0.15) is 0 Å². The summed E-state index contributed by atoms with van der Waals surface area (Å²) in [5, 5.41) is 0. The van der Waals surface area contributed by atoms with Crippen molar-refractivity contribution in [1.29, 1.82) is 0 Å². The number of ether oxygens (including phenoxy) is 1. The maximum Gasteiger partial charge on any atom is 0.119 e. The molecule has 0 radical (unpaired) electrons. The monoisotopic (exact) mass is 175 g/mol. The first-order chi connectivity index (χ1) is 6.40. The summed E-state index contributed by atoms with van der Waals surface area (Å²) in [5.74, 6) is 0.913. The molecule has 0 spiro atoms. The maximum absolute atomic E-state index is 5.10. The van der Waals surface area contributed by atoms with E-state index < -0.39 is 0 Å². The summed E-state index contributed by atoms with van der Waals surface area (Å²) < 4.78 is 5.10.